The number of hydrazone groups is 1. The number of nitro benzene ring substituents is 2. The molecule has 2 aliphatic rings. The lowest BCUT2D eigenvalue weighted by atomic mass is 9.61. The summed E-state index contributed by atoms with van der Waals surface area (Å²) in [5, 5.41) is 28.8. The Bertz CT molecular complexity index is 1500. The number of hydrogen-bond acceptors (Lipinski definition) is 9. The van der Waals surface area contributed by atoms with Crippen LogP contribution >= 0.6 is 0 Å². The van der Waals surface area contributed by atoms with Crippen LogP contribution in [0.15, 0.2) is 47.6 Å². The highest BCUT2D eigenvalue weighted by Crippen LogP contribution is 2.54. The van der Waals surface area contributed by atoms with Crippen LogP contribution < -0.4 is 5.84 Å². The zero-order valence-corrected chi connectivity index (χ0v) is 21.8. The molecule has 0 radical (unpaired) electrons. The summed E-state index contributed by atoms with van der Waals surface area (Å²) in [5.41, 5.74) is 1.71. The number of aromatic nitrogens is 1. The van der Waals surface area contributed by atoms with Crippen molar-refractivity contribution in [2.24, 2.45) is 16.4 Å². The number of hydrogen-bond donors (Lipinski definition) is 2. The van der Waals surface area contributed by atoms with Gasteiger partial charge in [0.2, 0.25) is 0 Å². The van der Waals surface area contributed by atoms with E-state index in [0.717, 1.165) is 54.7 Å². The minimum atomic E-state index is -1.32. The normalized spacial score (nSPS) is 22.1. The summed E-state index contributed by atoms with van der Waals surface area (Å²) in [6.45, 7) is 3.66. The number of benzene rings is 2. The standard InChI is InChI=1S/C27H30N6O6/c1-3-27(12-6-13-31-14-11-18-17-7-4-5-8-20(17)29-23(18)25(27)31)24(30-28)22(26(34)39-2)19-10-9-16(32(35)36)15-21(19)33(37)38/h4-5,7-10,15,22,25,29H,3,6,11-14,28H2,1-2H3. The van der Waals surface area contributed by atoms with Crippen molar-refractivity contribution < 1.29 is 19.4 Å². The van der Waals surface area contributed by atoms with E-state index in [1.165, 1.54) is 18.7 Å². The van der Waals surface area contributed by atoms with Gasteiger partial charge < -0.3 is 15.6 Å². The van der Waals surface area contributed by atoms with E-state index in [2.05, 4.69) is 21.1 Å². The van der Waals surface area contributed by atoms with E-state index in [1.54, 1.807) is 0 Å². The molecule has 2 aliphatic heterocycles. The van der Waals surface area contributed by atoms with Gasteiger partial charge in [-0.05, 0) is 49.9 Å². The summed E-state index contributed by atoms with van der Waals surface area (Å²) in [5.74, 6) is 4.00. The molecule has 1 aromatic heterocycles. The number of fused-ring (bicyclic) bond motifs is 5. The maximum absolute atomic E-state index is 13.4. The molecule has 12 heteroatoms. The number of para-hydroxylation sites is 1. The van der Waals surface area contributed by atoms with Gasteiger partial charge in [0, 0.05) is 34.6 Å². The molecule has 1 saturated heterocycles. The molecule has 3 aromatic rings. The van der Waals surface area contributed by atoms with E-state index in [9.17, 15) is 25.0 Å². The van der Waals surface area contributed by atoms with Crippen molar-refractivity contribution >= 4 is 34.0 Å². The number of carbonyl (C=O) groups is 1. The molecule has 3 heterocycles. The van der Waals surface area contributed by atoms with Gasteiger partial charge in [0.05, 0.1) is 40.3 Å². The summed E-state index contributed by atoms with van der Waals surface area (Å²) >= 11 is 0. The first-order valence-corrected chi connectivity index (χ1v) is 12.9. The molecule has 3 unspecified atom stereocenters. The van der Waals surface area contributed by atoms with Crippen LogP contribution in [0.25, 0.3) is 10.9 Å². The van der Waals surface area contributed by atoms with Crippen molar-refractivity contribution in [1.29, 1.82) is 0 Å². The smallest absolute Gasteiger partial charge is 0.319 e. The summed E-state index contributed by atoms with van der Waals surface area (Å²) in [6, 6.07) is 11.1. The number of carbonyl (C=O) groups excluding carboxylic acids is 1. The van der Waals surface area contributed by atoms with Crippen molar-refractivity contribution in [1.82, 2.24) is 9.88 Å². The molecule has 3 atom stereocenters. The van der Waals surface area contributed by atoms with Gasteiger partial charge in [0.15, 0.2) is 0 Å². The predicted octanol–water partition coefficient (Wildman–Crippen LogP) is 4.35. The van der Waals surface area contributed by atoms with Crippen LogP contribution in [0.5, 0.6) is 0 Å². The maximum atomic E-state index is 13.4. The van der Waals surface area contributed by atoms with Gasteiger partial charge in [-0.25, -0.2) is 0 Å². The molecule has 12 nitrogen and oxygen atoms in total. The molecule has 0 saturated carbocycles. The van der Waals surface area contributed by atoms with Gasteiger partial charge in [0.1, 0.15) is 5.92 Å². The van der Waals surface area contributed by atoms with Crippen LogP contribution in [0.1, 0.15) is 55.0 Å². The number of nitrogens with zero attached hydrogens (tertiary/aromatic N) is 4. The van der Waals surface area contributed by atoms with Crippen molar-refractivity contribution in [2.75, 3.05) is 20.2 Å². The zero-order chi connectivity index (χ0) is 27.9. The van der Waals surface area contributed by atoms with E-state index in [-0.39, 0.29) is 17.3 Å². The van der Waals surface area contributed by atoms with Gasteiger partial charge in [-0.1, -0.05) is 25.1 Å². The van der Waals surface area contributed by atoms with Crippen molar-refractivity contribution in [2.45, 2.75) is 44.6 Å². The summed E-state index contributed by atoms with van der Waals surface area (Å²) < 4.78 is 5.14. The number of nitro groups is 2. The molecule has 204 valence electrons. The molecule has 0 aliphatic carbocycles. The lowest BCUT2D eigenvalue weighted by Gasteiger charge is -2.52. The zero-order valence-electron chi connectivity index (χ0n) is 21.8. The van der Waals surface area contributed by atoms with Crippen LogP contribution in [0, 0.1) is 25.6 Å². The fraction of sp³-hybridized carbons (Fsp3) is 0.407. The minimum absolute atomic E-state index is 0.0423. The van der Waals surface area contributed by atoms with Crippen molar-refractivity contribution in [3.63, 3.8) is 0 Å². The van der Waals surface area contributed by atoms with Gasteiger partial charge in [-0.2, -0.15) is 5.10 Å². The molecule has 0 bridgehead atoms. The van der Waals surface area contributed by atoms with Crippen molar-refractivity contribution in [3.05, 3.63) is 79.5 Å². The molecular formula is C27H30N6O6. The second-order valence-corrected chi connectivity index (χ2v) is 10.1. The number of rotatable bonds is 7. The fourth-order valence-corrected chi connectivity index (χ4v) is 6.75. The van der Waals surface area contributed by atoms with Crippen LogP contribution in [-0.4, -0.2) is 51.6 Å². The van der Waals surface area contributed by atoms with Crippen LogP contribution in [0.4, 0.5) is 11.4 Å². The Morgan fingerprint density at radius 1 is 1.23 bits per heavy atom. The SMILES string of the molecule is CCC1(C(=NN)C(C(=O)OC)c2ccc([N+](=O)[O-])cc2[N+](=O)[O-])CCCN2CCc3c([nH]c4ccccc34)C21. The Labute approximate surface area is 224 Å². The Kier molecular flexibility index (Phi) is 6.81. The Hall–Kier alpha value is -4.32. The molecule has 2 aromatic carbocycles. The number of methoxy groups -OCH3 is 1. The number of piperidine rings is 1. The van der Waals surface area contributed by atoms with E-state index in [4.69, 9.17) is 10.6 Å². The van der Waals surface area contributed by atoms with Gasteiger partial charge in [0.25, 0.3) is 11.4 Å². The molecule has 3 N–H and O–H groups in total. The first kappa shape index (κ1) is 26.3. The highest BCUT2D eigenvalue weighted by Gasteiger charge is 2.54. The topological polar surface area (TPSA) is 170 Å². The lowest BCUT2D eigenvalue weighted by Crippen LogP contribution is -2.54. The molecular weight excluding hydrogens is 504 g/mol. The highest BCUT2D eigenvalue weighted by molar-refractivity contribution is 6.11. The average molecular weight is 535 g/mol. The first-order chi connectivity index (χ1) is 18.8. The molecule has 1 fully saturated rings. The number of non-ortho nitro benzene ring substituents is 1. The molecule has 0 spiro atoms. The summed E-state index contributed by atoms with van der Waals surface area (Å²) in [4.78, 5) is 41.4. The van der Waals surface area contributed by atoms with E-state index in [1.807, 2.05) is 25.1 Å². The quantitative estimate of drug-likeness (QED) is 0.148. The fourth-order valence-electron chi connectivity index (χ4n) is 6.75. The van der Waals surface area contributed by atoms with Gasteiger partial charge in [-0.3, -0.25) is 29.9 Å². The minimum Gasteiger partial charge on any atom is -0.468 e. The largest absolute Gasteiger partial charge is 0.468 e. The molecule has 5 rings (SSSR count). The predicted molar refractivity (Wildman–Crippen MR) is 144 cm³/mol. The third kappa shape index (κ3) is 4.11. The average Bonchev–Trinajstić information content (AvgIpc) is 3.33. The van der Waals surface area contributed by atoms with Crippen LogP contribution in [0.3, 0.4) is 0 Å². The number of H-pyrrole nitrogens is 1. The van der Waals surface area contributed by atoms with Crippen LogP contribution in [0.2, 0.25) is 0 Å². The Morgan fingerprint density at radius 2 is 2.00 bits per heavy atom. The first-order valence-electron chi connectivity index (χ1n) is 12.9. The second kappa shape index (κ2) is 10.1. The Morgan fingerprint density at radius 3 is 2.67 bits per heavy atom. The maximum Gasteiger partial charge on any atom is 0.319 e. The van der Waals surface area contributed by atoms with Crippen LogP contribution in [-0.2, 0) is 16.0 Å². The lowest BCUT2D eigenvalue weighted by molar-refractivity contribution is -0.394. The summed E-state index contributed by atoms with van der Waals surface area (Å²) in [7, 11) is 1.20. The monoisotopic (exact) mass is 534 g/mol. The van der Waals surface area contributed by atoms with E-state index < -0.39 is 38.5 Å². The van der Waals surface area contributed by atoms with E-state index in [0.29, 0.717) is 12.8 Å². The third-order valence-corrected chi connectivity index (χ3v) is 8.45. The van der Waals surface area contributed by atoms with Gasteiger partial charge in [-0.15, -0.1) is 0 Å². The number of esters is 1. The summed E-state index contributed by atoms with van der Waals surface area (Å²) in [6.07, 6.45) is 2.87. The second-order valence-electron chi connectivity index (χ2n) is 10.1. The van der Waals surface area contributed by atoms with Gasteiger partial charge >= 0.3 is 5.97 Å². The molecule has 39 heavy (non-hydrogen) atoms. The number of aromatic amines is 1. The van der Waals surface area contributed by atoms with Crippen molar-refractivity contribution in [3.8, 4) is 0 Å². The molecule has 0 amide bonds. The van der Waals surface area contributed by atoms with E-state index >= 15 is 0 Å². The number of nitrogens with two attached hydrogens (primary N) is 1. The Balaban J connectivity index is 1.73. The highest BCUT2D eigenvalue weighted by atomic mass is 16.6. The number of ether oxygens (including phenoxy) is 1. The third-order valence-electron chi connectivity index (χ3n) is 8.45. The number of nitrogens with one attached hydrogen (secondary N) is 1.